The maximum absolute atomic E-state index is 12.7. The normalized spacial score (nSPS) is 11.3. The smallest absolute Gasteiger partial charge is 0.191 e. The maximum atomic E-state index is 12.7. The fraction of sp³-hybridized carbons (Fsp3) is 0.562. The van der Waals surface area contributed by atoms with Gasteiger partial charge in [-0.2, -0.15) is 0 Å². The van der Waals surface area contributed by atoms with E-state index in [1.807, 2.05) is 0 Å². The fourth-order valence-corrected chi connectivity index (χ4v) is 1.72. The summed E-state index contributed by atoms with van der Waals surface area (Å²) in [5, 5.41) is 6.51. The monoisotopic (exact) mass is 295 g/mol. The molecular formula is C16H26FN3O. The van der Waals surface area contributed by atoms with E-state index in [0.29, 0.717) is 12.4 Å². The number of nitrogens with one attached hydrogen (secondary N) is 2. The molecule has 0 aliphatic carbocycles. The SMILES string of the molecule is CCCN=C(NCC)NCCCCOc1ccc(F)cc1. The van der Waals surface area contributed by atoms with Crippen molar-refractivity contribution in [3.63, 3.8) is 0 Å². The zero-order chi connectivity index (χ0) is 15.3. The van der Waals surface area contributed by atoms with E-state index in [-0.39, 0.29) is 5.82 Å². The lowest BCUT2D eigenvalue weighted by molar-refractivity contribution is 0.306. The maximum Gasteiger partial charge on any atom is 0.191 e. The van der Waals surface area contributed by atoms with Crippen LogP contribution in [-0.4, -0.2) is 32.2 Å². The topological polar surface area (TPSA) is 45.7 Å². The highest BCUT2D eigenvalue weighted by Gasteiger charge is 1.97. The molecule has 0 amide bonds. The van der Waals surface area contributed by atoms with Crippen LogP contribution in [0.5, 0.6) is 5.75 Å². The third-order valence-corrected chi connectivity index (χ3v) is 2.78. The lowest BCUT2D eigenvalue weighted by Gasteiger charge is -2.11. The summed E-state index contributed by atoms with van der Waals surface area (Å²) in [5.41, 5.74) is 0. The predicted octanol–water partition coefficient (Wildman–Crippen LogP) is 2.95. The molecule has 21 heavy (non-hydrogen) atoms. The highest BCUT2D eigenvalue weighted by molar-refractivity contribution is 5.79. The molecule has 0 saturated carbocycles. The second kappa shape index (κ2) is 10.9. The van der Waals surface area contributed by atoms with Crippen molar-refractivity contribution < 1.29 is 9.13 Å². The first-order valence-corrected chi connectivity index (χ1v) is 7.66. The Labute approximate surface area is 126 Å². The zero-order valence-corrected chi connectivity index (χ0v) is 13.0. The van der Waals surface area contributed by atoms with Gasteiger partial charge in [0.25, 0.3) is 0 Å². The molecule has 0 heterocycles. The molecule has 0 aliphatic heterocycles. The van der Waals surface area contributed by atoms with Crippen molar-refractivity contribution >= 4 is 5.96 Å². The standard InChI is InChI=1S/C16H26FN3O/c1-3-11-19-16(18-4-2)20-12-5-6-13-21-15-9-7-14(17)8-10-15/h7-10H,3-6,11-13H2,1-2H3,(H2,18,19,20). The van der Waals surface area contributed by atoms with Gasteiger partial charge >= 0.3 is 0 Å². The molecule has 0 bridgehead atoms. The summed E-state index contributed by atoms with van der Waals surface area (Å²) in [5.74, 6) is 1.34. The van der Waals surface area contributed by atoms with E-state index in [1.165, 1.54) is 12.1 Å². The van der Waals surface area contributed by atoms with Crippen molar-refractivity contribution in [2.45, 2.75) is 33.1 Å². The van der Waals surface area contributed by atoms with Crippen LogP contribution < -0.4 is 15.4 Å². The van der Waals surface area contributed by atoms with Gasteiger partial charge in [-0.15, -0.1) is 0 Å². The van der Waals surface area contributed by atoms with Crippen molar-refractivity contribution in [3.8, 4) is 5.75 Å². The van der Waals surface area contributed by atoms with Crippen LogP contribution in [0, 0.1) is 5.82 Å². The first-order valence-electron chi connectivity index (χ1n) is 7.66. The minimum atomic E-state index is -0.242. The summed E-state index contributed by atoms with van der Waals surface area (Å²) in [7, 11) is 0. The molecule has 0 saturated heterocycles. The molecule has 2 N–H and O–H groups in total. The fourth-order valence-electron chi connectivity index (χ4n) is 1.72. The Kier molecular flexibility index (Phi) is 9.00. The first-order chi connectivity index (χ1) is 10.3. The summed E-state index contributed by atoms with van der Waals surface area (Å²) in [6.07, 6.45) is 2.98. The van der Waals surface area contributed by atoms with Crippen LogP contribution in [-0.2, 0) is 0 Å². The van der Waals surface area contributed by atoms with Crippen LogP contribution in [0.15, 0.2) is 29.3 Å². The second-order valence-corrected chi connectivity index (χ2v) is 4.70. The number of rotatable bonds is 9. The van der Waals surface area contributed by atoms with Crippen molar-refractivity contribution in [1.29, 1.82) is 0 Å². The number of nitrogens with zero attached hydrogens (tertiary/aromatic N) is 1. The minimum absolute atomic E-state index is 0.242. The van der Waals surface area contributed by atoms with E-state index >= 15 is 0 Å². The Bertz CT molecular complexity index is 406. The van der Waals surface area contributed by atoms with Gasteiger partial charge in [-0.3, -0.25) is 4.99 Å². The summed E-state index contributed by atoms with van der Waals surface area (Å²) in [6.45, 7) is 7.37. The van der Waals surface area contributed by atoms with Gasteiger partial charge in [0.2, 0.25) is 0 Å². The lowest BCUT2D eigenvalue weighted by atomic mass is 10.3. The van der Waals surface area contributed by atoms with Gasteiger partial charge in [-0.1, -0.05) is 6.92 Å². The number of halogens is 1. The van der Waals surface area contributed by atoms with E-state index in [0.717, 1.165) is 44.9 Å². The predicted molar refractivity (Wildman–Crippen MR) is 85.4 cm³/mol. The molecule has 1 aromatic carbocycles. The van der Waals surface area contributed by atoms with Crippen molar-refractivity contribution in [1.82, 2.24) is 10.6 Å². The largest absolute Gasteiger partial charge is 0.494 e. The quantitative estimate of drug-likeness (QED) is 0.418. The number of aliphatic imine (C=N–C) groups is 1. The van der Waals surface area contributed by atoms with Crippen molar-refractivity contribution in [3.05, 3.63) is 30.1 Å². The van der Waals surface area contributed by atoms with Gasteiger partial charge in [0.1, 0.15) is 11.6 Å². The van der Waals surface area contributed by atoms with Gasteiger partial charge in [0.15, 0.2) is 5.96 Å². The van der Waals surface area contributed by atoms with E-state index in [4.69, 9.17) is 4.74 Å². The molecule has 0 unspecified atom stereocenters. The van der Waals surface area contributed by atoms with Gasteiger partial charge in [0.05, 0.1) is 6.61 Å². The molecule has 0 radical (unpaired) electrons. The third kappa shape index (κ3) is 8.17. The molecule has 0 aromatic heterocycles. The molecule has 118 valence electrons. The molecule has 1 aromatic rings. The summed E-state index contributed by atoms with van der Waals surface area (Å²) < 4.78 is 18.3. The summed E-state index contributed by atoms with van der Waals surface area (Å²) in [4.78, 5) is 4.43. The van der Waals surface area contributed by atoms with E-state index in [9.17, 15) is 4.39 Å². The van der Waals surface area contributed by atoms with Gasteiger partial charge in [-0.05, 0) is 50.5 Å². The van der Waals surface area contributed by atoms with Crippen LogP contribution in [0.4, 0.5) is 4.39 Å². The molecular weight excluding hydrogens is 269 g/mol. The third-order valence-electron chi connectivity index (χ3n) is 2.78. The molecule has 1 rings (SSSR count). The number of benzene rings is 1. The van der Waals surface area contributed by atoms with Crippen molar-refractivity contribution in [2.75, 3.05) is 26.2 Å². The molecule has 5 heteroatoms. The van der Waals surface area contributed by atoms with Crippen LogP contribution >= 0.6 is 0 Å². The Hall–Kier alpha value is -1.78. The molecule has 0 spiro atoms. The van der Waals surface area contributed by atoms with Crippen LogP contribution in [0.2, 0.25) is 0 Å². The first kappa shape index (κ1) is 17.3. The summed E-state index contributed by atoms with van der Waals surface area (Å²) in [6, 6.07) is 6.11. The van der Waals surface area contributed by atoms with Gasteiger partial charge in [0, 0.05) is 19.6 Å². The Morgan fingerprint density at radius 3 is 2.57 bits per heavy atom. The number of hydrogen-bond acceptors (Lipinski definition) is 2. The average Bonchev–Trinajstić information content (AvgIpc) is 2.50. The van der Waals surface area contributed by atoms with Crippen LogP contribution in [0.3, 0.4) is 0 Å². The van der Waals surface area contributed by atoms with Crippen LogP contribution in [0.25, 0.3) is 0 Å². The lowest BCUT2D eigenvalue weighted by Crippen LogP contribution is -2.37. The number of unbranched alkanes of at least 4 members (excludes halogenated alkanes) is 1. The zero-order valence-electron chi connectivity index (χ0n) is 13.0. The molecule has 0 atom stereocenters. The van der Waals surface area contributed by atoms with E-state index < -0.39 is 0 Å². The van der Waals surface area contributed by atoms with Gasteiger partial charge < -0.3 is 15.4 Å². The number of guanidine groups is 1. The minimum Gasteiger partial charge on any atom is -0.494 e. The highest BCUT2D eigenvalue weighted by atomic mass is 19.1. The Balaban J connectivity index is 2.11. The van der Waals surface area contributed by atoms with E-state index in [2.05, 4.69) is 29.5 Å². The molecule has 0 aliphatic rings. The number of hydrogen-bond donors (Lipinski definition) is 2. The molecule has 0 fully saturated rings. The summed E-state index contributed by atoms with van der Waals surface area (Å²) >= 11 is 0. The van der Waals surface area contributed by atoms with Gasteiger partial charge in [-0.25, -0.2) is 4.39 Å². The second-order valence-electron chi connectivity index (χ2n) is 4.70. The van der Waals surface area contributed by atoms with E-state index in [1.54, 1.807) is 12.1 Å². The van der Waals surface area contributed by atoms with Crippen LogP contribution in [0.1, 0.15) is 33.1 Å². The highest BCUT2D eigenvalue weighted by Crippen LogP contribution is 2.11. The average molecular weight is 295 g/mol. The Morgan fingerprint density at radius 2 is 1.90 bits per heavy atom. The number of ether oxygens (including phenoxy) is 1. The Morgan fingerprint density at radius 1 is 1.14 bits per heavy atom. The van der Waals surface area contributed by atoms with Crippen molar-refractivity contribution in [2.24, 2.45) is 4.99 Å². The molecule has 4 nitrogen and oxygen atoms in total.